The number of fused-ring (bicyclic) bond motifs is 1. The van der Waals surface area contributed by atoms with Crippen LogP contribution in [0.1, 0.15) is 128 Å². The van der Waals surface area contributed by atoms with Crippen LogP contribution in [0.2, 0.25) is 0 Å². The number of carbonyl (C=O) groups excluding carboxylic acids is 1. The molecule has 0 aromatic heterocycles. The Balaban J connectivity index is 1.84. The minimum absolute atomic E-state index is 0.106. The van der Waals surface area contributed by atoms with Crippen molar-refractivity contribution >= 4 is 21.6 Å². The van der Waals surface area contributed by atoms with E-state index in [0.29, 0.717) is 12.2 Å². The monoisotopic (exact) mass is 608 g/mol. The molecule has 5 unspecified atom stereocenters. The highest BCUT2D eigenvalue weighted by molar-refractivity contribution is 7.63. The molecule has 1 aliphatic heterocycles. The van der Waals surface area contributed by atoms with Gasteiger partial charge in [0.1, 0.15) is 30.4 Å². The molecule has 41 heavy (non-hydrogen) atoms. The molecule has 0 saturated heterocycles. The summed E-state index contributed by atoms with van der Waals surface area (Å²) < 4.78 is 36.2. The predicted molar refractivity (Wildman–Crippen MR) is 174 cm³/mol. The zero-order valence-electron chi connectivity index (χ0n) is 27.5. The number of ether oxygens (including phenoxy) is 2. The zero-order valence-corrected chi connectivity index (χ0v) is 29.3. The third-order valence-corrected chi connectivity index (χ3v) is 13.2. The largest absolute Gasteiger partial charge is 0.487 e. The van der Waals surface area contributed by atoms with Crippen molar-refractivity contribution in [2.45, 2.75) is 143 Å². The molecular formula is C34H58O5P2+2. The summed E-state index contributed by atoms with van der Waals surface area (Å²) in [5.41, 5.74) is 2.86. The fraction of sp³-hybridized carbons (Fsp3) is 0.794. The summed E-state index contributed by atoms with van der Waals surface area (Å²) in [7, 11) is -3.19. The van der Waals surface area contributed by atoms with Crippen LogP contribution in [0.4, 0.5) is 0 Å². The van der Waals surface area contributed by atoms with Gasteiger partial charge in [-0.1, -0.05) is 81.8 Å². The molecule has 1 aliphatic rings. The Bertz CT molecular complexity index is 1020. The topological polar surface area (TPSA) is 69.7 Å². The molecule has 0 aliphatic carbocycles. The average Bonchev–Trinajstić information content (AvgIpc) is 2.87. The van der Waals surface area contributed by atoms with Gasteiger partial charge in [0, 0.05) is 0 Å². The minimum Gasteiger partial charge on any atom is -0.487 e. The molecule has 5 nitrogen and oxygen atoms in total. The predicted octanol–water partition coefficient (Wildman–Crippen LogP) is 10.8. The summed E-state index contributed by atoms with van der Waals surface area (Å²) in [5, 5.41) is -0.443. The Morgan fingerprint density at radius 2 is 1.46 bits per heavy atom. The van der Waals surface area contributed by atoms with Crippen molar-refractivity contribution in [1.29, 1.82) is 0 Å². The molecule has 0 spiro atoms. The fourth-order valence-corrected chi connectivity index (χ4v) is 8.87. The van der Waals surface area contributed by atoms with E-state index < -0.39 is 21.0 Å². The molecule has 0 fully saturated rings. The number of hydrogen-bond donors (Lipinski definition) is 0. The second-order valence-electron chi connectivity index (χ2n) is 13.6. The van der Waals surface area contributed by atoms with E-state index in [-0.39, 0.29) is 18.0 Å². The first kappa shape index (κ1) is 35.9. The van der Waals surface area contributed by atoms with E-state index in [0.717, 1.165) is 59.5 Å². The van der Waals surface area contributed by atoms with Gasteiger partial charge in [-0.05, 0) is 87.0 Å². The first-order chi connectivity index (χ1) is 19.2. The minimum atomic E-state index is -1.60. The molecule has 1 aromatic rings. The highest BCUT2D eigenvalue weighted by Gasteiger charge is 2.40. The molecule has 1 aromatic carbocycles. The number of esters is 1. The first-order valence-electron chi connectivity index (χ1n) is 16.0. The van der Waals surface area contributed by atoms with Crippen LogP contribution < -0.4 is 9.47 Å². The first-order valence-corrected chi connectivity index (χ1v) is 19.6. The Kier molecular flexibility index (Phi) is 15.0. The van der Waals surface area contributed by atoms with E-state index in [4.69, 9.17) is 9.47 Å². The number of carbonyl (C=O) groups is 1. The van der Waals surface area contributed by atoms with Gasteiger partial charge in [0.25, 0.3) is 0 Å². The summed E-state index contributed by atoms with van der Waals surface area (Å²) in [4.78, 5) is 12.6. The van der Waals surface area contributed by atoms with Crippen molar-refractivity contribution in [2.75, 3.05) is 13.3 Å². The van der Waals surface area contributed by atoms with Gasteiger partial charge in [0.15, 0.2) is 0 Å². The van der Waals surface area contributed by atoms with Crippen LogP contribution in [-0.2, 0) is 20.3 Å². The second kappa shape index (κ2) is 17.1. The van der Waals surface area contributed by atoms with E-state index in [1.165, 1.54) is 51.4 Å². The zero-order chi connectivity index (χ0) is 30.7. The molecule has 0 amide bonds. The molecule has 0 radical (unpaired) electrons. The smallest absolute Gasteiger partial charge is 0.389 e. The van der Waals surface area contributed by atoms with Gasteiger partial charge in [0.2, 0.25) is 0 Å². The van der Waals surface area contributed by atoms with Gasteiger partial charge in [0.05, 0.1) is 12.8 Å². The quantitative estimate of drug-likeness (QED) is 0.0942. The molecule has 1 heterocycles. The second-order valence-corrected chi connectivity index (χ2v) is 17.4. The van der Waals surface area contributed by atoms with Crippen LogP contribution >= 0.6 is 15.6 Å². The lowest BCUT2D eigenvalue weighted by molar-refractivity contribution is -0.134. The summed E-state index contributed by atoms with van der Waals surface area (Å²) >= 11 is 0. The summed E-state index contributed by atoms with van der Waals surface area (Å²) in [6.07, 6.45) is 13.9. The van der Waals surface area contributed by atoms with E-state index in [2.05, 4.69) is 34.6 Å². The van der Waals surface area contributed by atoms with Crippen molar-refractivity contribution < 1.29 is 23.4 Å². The number of aryl methyl sites for hydroxylation is 1. The van der Waals surface area contributed by atoms with E-state index in [9.17, 15) is 13.9 Å². The van der Waals surface area contributed by atoms with E-state index in [1.54, 1.807) is 13.3 Å². The molecule has 2 rings (SSSR count). The highest BCUT2D eigenvalue weighted by Crippen LogP contribution is 2.44. The lowest BCUT2D eigenvalue weighted by atomic mass is 9.85. The van der Waals surface area contributed by atoms with E-state index >= 15 is 0 Å². The molecule has 232 valence electrons. The summed E-state index contributed by atoms with van der Waals surface area (Å²) in [6.45, 7) is 18.9. The van der Waals surface area contributed by atoms with Crippen molar-refractivity contribution in [1.82, 2.24) is 0 Å². The number of rotatable bonds is 18. The maximum Gasteiger partial charge on any atom is 0.389 e. The number of benzene rings is 1. The van der Waals surface area contributed by atoms with Gasteiger partial charge >= 0.3 is 27.0 Å². The van der Waals surface area contributed by atoms with Crippen molar-refractivity contribution in [3.05, 3.63) is 22.8 Å². The maximum absolute atomic E-state index is 12.6. The van der Waals surface area contributed by atoms with Crippen molar-refractivity contribution in [2.24, 2.45) is 17.8 Å². The summed E-state index contributed by atoms with van der Waals surface area (Å²) in [6, 6.07) is 1.96. The summed E-state index contributed by atoms with van der Waals surface area (Å²) in [5.74, 6) is 3.57. The normalized spacial score (nSPS) is 19.7. The Hall–Kier alpha value is -1.31. The van der Waals surface area contributed by atoms with Crippen LogP contribution in [0.15, 0.2) is 6.07 Å². The standard InChI is InChI=1S/C34H58O5P2/c1-24(2)13-10-14-25(3)15-11-16-26(4)17-12-21-34(7)22-20-29-23-30(27(5)28(6)33(29)39-34)38-31(35)18-19-32(40(8)36)41(9)37/h23-26,32H,10-22H2,1-9H3/q+2. The third-order valence-electron chi connectivity index (χ3n) is 9.09. The number of hydrogen-bond acceptors (Lipinski definition) is 5. The molecular weight excluding hydrogens is 550 g/mol. The molecule has 0 N–H and O–H groups in total. The van der Waals surface area contributed by atoms with Crippen LogP contribution in [0.25, 0.3) is 0 Å². The molecule has 0 saturated carbocycles. The van der Waals surface area contributed by atoms with Crippen LogP contribution in [0, 0.1) is 31.6 Å². The highest BCUT2D eigenvalue weighted by atomic mass is 31.2. The van der Waals surface area contributed by atoms with Gasteiger partial charge in [-0.3, -0.25) is 4.79 Å². The van der Waals surface area contributed by atoms with Gasteiger partial charge in [-0.15, -0.1) is 0 Å². The Morgan fingerprint density at radius 1 is 0.902 bits per heavy atom. The molecule has 0 bridgehead atoms. The van der Waals surface area contributed by atoms with Gasteiger partial charge < -0.3 is 9.47 Å². The lowest BCUT2D eigenvalue weighted by Crippen LogP contribution is -2.36. The van der Waals surface area contributed by atoms with Crippen molar-refractivity contribution in [3.8, 4) is 11.5 Å². The van der Waals surface area contributed by atoms with Crippen LogP contribution in [0.3, 0.4) is 0 Å². The Morgan fingerprint density at radius 3 is 2.02 bits per heavy atom. The fourth-order valence-electron chi connectivity index (χ4n) is 6.05. The third kappa shape index (κ3) is 12.1. The van der Waals surface area contributed by atoms with Gasteiger partial charge in [-0.2, -0.15) is 0 Å². The maximum atomic E-state index is 12.6. The lowest BCUT2D eigenvalue weighted by Gasteiger charge is -2.37. The SMILES string of the molecule is Cc1c(OC(=O)CCC([P+](C)=O)[P+](C)=O)cc2c(c1C)OC(C)(CCCC(C)CCCC(C)CCCC(C)C)CC2. The average molecular weight is 609 g/mol. The van der Waals surface area contributed by atoms with Crippen LogP contribution in [-0.4, -0.2) is 30.3 Å². The van der Waals surface area contributed by atoms with Crippen molar-refractivity contribution in [3.63, 3.8) is 0 Å². The molecule has 5 atom stereocenters. The van der Waals surface area contributed by atoms with Crippen LogP contribution in [0.5, 0.6) is 11.5 Å². The Labute approximate surface area is 252 Å². The van der Waals surface area contributed by atoms with E-state index in [1.807, 2.05) is 19.9 Å². The molecule has 7 heteroatoms. The van der Waals surface area contributed by atoms with Gasteiger partial charge in [-0.25, -0.2) is 0 Å².